The molecule has 3 rings (SSSR count). The predicted octanol–water partition coefficient (Wildman–Crippen LogP) is 4.35. The molecule has 0 saturated carbocycles. The lowest BCUT2D eigenvalue weighted by Crippen LogP contribution is -1.95. The molecule has 0 spiro atoms. The monoisotopic (exact) mass is 260 g/mol. The first-order valence-corrected chi connectivity index (χ1v) is 7.16. The summed E-state index contributed by atoms with van der Waals surface area (Å²) >= 11 is 3.29. The molecule has 3 aromatic rings. The summed E-state index contributed by atoms with van der Waals surface area (Å²) in [5.74, 6) is 0. The highest BCUT2D eigenvalue weighted by Gasteiger charge is 2.16. The Morgan fingerprint density at radius 2 is 2.00 bits per heavy atom. The molecule has 2 heterocycles. The molecule has 3 heteroatoms. The van der Waals surface area contributed by atoms with E-state index in [1.54, 1.807) is 22.7 Å². The first-order valence-electron chi connectivity index (χ1n) is 5.46. The molecule has 0 fully saturated rings. The Morgan fingerprint density at radius 1 is 1.18 bits per heavy atom. The van der Waals surface area contributed by atoms with Crippen molar-refractivity contribution in [2.24, 2.45) is 0 Å². The molecule has 17 heavy (non-hydrogen) atoms. The van der Waals surface area contributed by atoms with Crippen molar-refractivity contribution < 1.29 is 5.11 Å². The van der Waals surface area contributed by atoms with Gasteiger partial charge in [-0.15, -0.1) is 22.7 Å². The SMILES string of the molecule is Cc1ccsc1C(O)c1cc2ccccc2s1. The van der Waals surface area contributed by atoms with Crippen LogP contribution in [0, 0.1) is 6.92 Å². The largest absolute Gasteiger partial charge is 0.382 e. The third-order valence-electron chi connectivity index (χ3n) is 2.86. The van der Waals surface area contributed by atoms with Crippen molar-refractivity contribution in [1.29, 1.82) is 0 Å². The summed E-state index contributed by atoms with van der Waals surface area (Å²) in [6.45, 7) is 2.04. The number of aliphatic hydroxyl groups is 1. The van der Waals surface area contributed by atoms with Gasteiger partial charge in [0, 0.05) is 14.5 Å². The van der Waals surface area contributed by atoms with E-state index in [-0.39, 0.29) is 0 Å². The van der Waals surface area contributed by atoms with Crippen LogP contribution in [0.2, 0.25) is 0 Å². The Kier molecular flexibility index (Phi) is 2.74. The van der Waals surface area contributed by atoms with Crippen molar-refractivity contribution in [3.8, 4) is 0 Å². The summed E-state index contributed by atoms with van der Waals surface area (Å²) < 4.78 is 1.23. The van der Waals surface area contributed by atoms with E-state index in [4.69, 9.17) is 0 Å². The number of benzene rings is 1. The van der Waals surface area contributed by atoms with Gasteiger partial charge < -0.3 is 5.11 Å². The van der Waals surface area contributed by atoms with Crippen LogP contribution in [0.5, 0.6) is 0 Å². The number of aryl methyl sites for hydroxylation is 1. The van der Waals surface area contributed by atoms with E-state index in [2.05, 4.69) is 24.3 Å². The minimum Gasteiger partial charge on any atom is -0.382 e. The molecule has 1 aromatic carbocycles. The number of thiophene rings is 2. The second-order valence-corrected chi connectivity index (χ2v) is 6.12. The van der Waals surface area contributed by atoms with Gasteiger partial charge in [0.25, 0.3) is 0 Å². The molecule has 1 unspecified atom stereocenters. The quantitative estimate of drug-likeness (QED) is 0.726. The van der Waals surface area contributed by atoms with Crippen LogP contribution in [0.3, 0.4) is 0 Å². The lowest BCUT2D eigenvalue weighted by atomic mass is 10.1. The Morgan fingerprint density at radius 3 is 2.71 bits per heavy atom. The van der Waals surface area contributed by atoms with Crippen molar-refractivity contribution in [2.75, 3.05) is 0 Å². The number of aliphatic hydroxyl groups excluding tert-OH is 1. The summed E-state index contributed by atoms with van der Waals surface area (Å²) in [4.78, 5) is 2.08. The third kappa shape index (κ3) is 1.90. The van der Waals surface area contributed by atoms with Crippen LogP contribution in [0.15, 0.2) is 41.8 Å². The number of hydrogen-bond acceptors (Lipinski definition) is 3. The molecule has 1 N–H and O–H groups in total. The average Bonchev–Trinajstić information content (AvgIpc) is 2.93. The standard InChI is InChI=1S/C14H12OS2/c1-9-6-7-16-14(9)13(15)12-8-10-4-2-3-5-11(10)17-12/h2-8,13,15H,1H3. The van der Waals surface area contributed by atoms with E-state index in [1.807, 2.05) is 24.4 Å². The lowest BCUT2D eigenvalue weighted by molar-refractivity contribution is 0.227. The van der Waals surface area contributed by atoms with E-state index in [0.29, 0.717) is 0 Å². The molecule has 0 saturated heterocycles. The first kappa shape index (κ1) is 11.0. The van der Waals surface area contributed by atoms with Crippen LogP contribution in [-0.2, 0) is 0 Å². The van der Waals surface area contributed by atoms with Gasteiger partial charge in [-0.2, -0.15) is 0 Å². The van der Waals surface area contributed by atoms with Crippen molar-refractivity contribution >= 4 is 32.8 Å². The second kappa shape index (κ2) is 4.26. The maximum atomic E-state index is 10.4. The molecule has 0 aliphatic rings. The topological polar surface area (TPSA) is 20.2 Å². The minimum absolute atomic E-state index is 0.479. The lowest BCUT2D eigenvalue weighted by Gasteiger charge is -2.06. The fourth-order valence-electron chi connectivity index (χ4n) is 1.93. The van der Waals surface area contributed by atoms with Gasteiger partial charge in [-0.25, -0.2) is 0 Å². The van der Waals surface area contributed by atoms with Crippen LogP contribution < -0.4 is 0 Å². The Bertz CT molecular complexity index is 618. The fourth-order valence-corrected chi connectivity index (χ4v) is 3.99. The van der Waals surface area contributed by atoms with Crippen molar-refractivity contribution in [3.05, 3.63) is 57.1 Å². The number of fused-ring (bicyclic) bond motifs is 1. The summed E-state index contributed by atoms with van der Waals surface area (Å²) in [7, 11) is 0. The highest BCUT2D eigenvalue weighted by Crippen LogP contribution is 2.35. The van der Waals surface area contributed by atoms with Gasteiger partial charge in [-0.05, 0) is 41.5 Å². The van der Waals surface area contributed by atoms with Crippen LogP contribution in [0.4, 0.5) is 0 Å². The second-order valence-electron chi connectivity index (χ2n) is 4.06. The molecule has 1 atom stereocenters. The van der Waals surface area contributed by atoms with Gasteiger partial charge >= 0.3 is 0 Å². The van der Waals surface area contributed by atoms with Gasteiger partial charge in [0.15, 0.2) is 0 Å². The van der Waals surface area contributed by atoms with Crippen molar-refractivity contribution in [3.63, 3.8) is 0 Å². The minimum atomic E-state index is -0.479. The van der Waals surface area contributed by atoms with Gasteiger partial charge in [0.2, 0.25) is 0 Å². The van der Waals surface area contributed by atoms with Crippen LogP contribution in [-0.4, -0.2) is 5.11 Å². The van der Waals surface area contributed by atoms with Crippen molar-refractivity contribution in [2.45, 2.75) is 13.0 Å². The smallest absolute Gasteiger partial charge is 0.123 e. The summed E-state index contributed by atoms with van der Waals surface area (Å²) in [6, 6.07) is 12.4. The van der Waals surface area contributed by atoms with E-state index in [1.165, 1.54) is 15.6 Å². The molecule has 2 aromatic heterocycles. The highest BCUT2D eigenvalue weighted by atomic mass is 32.1. The molecule has 0 aliphatic carbocycles. The zero-order valence-electron chi connectivity index (χ0n) is 9.38. The van der Waals surface area contributed by atoms with E-state index in [9.17, 15) is 5.11 Å². The summed E-state index contributed by atoms with van der Waals surface area (Å²) in [5.41, 5.74) is 1.17. The predicted molar refractivity (Wildman–Crippen MR) is 74.9 cm³/mol. The number of hydrogen-bond donors (Lipinski definition) is 1. The molecule has 0 radical (unpaired) electrons. The highest BCUT2D eigenvalue weighted by molar-refractivity contribution is 7.19. The Hall–Kier alpha value is -1.16. The van der Waals surface area contributed by atoms with Crippen LogP contribution >= 0.6 is 22.7 Å². The van der Waals surface area contributed by atoms with E-state index in [0.717, 1.165) is 9.75 Å². The third-order valence-corrected chi connectivity index (χ3v) is 5.10. The Balaban J connectivity index is 2.07. The van der Waals surface area contributed by atoms with Crippen LogP contribution in [0.25, 0.3) is 10.1 Å². The fraction of sp³-hybridized carbons (Fsp3) is 0.143. The van der Waals surface area contributed by atoms with E-state index >= 15 is 0 Å². The van der Waals surface area contributed by atoms with E-state index < -0.39 is 6.10 Å². The number of rotatable bonds is 2. The van der Waals surface area contributed by atoms with Gasteiger partial charge in [0.05, 0.1) is 0 Å². The maximum Gasteiger partial charge on any atom is 0.123 e. The molecule has 86 valence electrons. The first-order chi connectivity index (χ1) is 8.25. The summed E-state index contributed by atoms with van der Waals surface area (Å²) in [5, 5.41) is 13.6. The maximum absolute atomic E-state index is 10.4. The van der Waals surface area contributed by atoms with Gasteiger partial charge in [-0.1, -0.05) is 18.2 Å². The normalized spacial score (nSPS) is 13.1. The molecular weight excluding hydrogens is 248 g/mol. The molecular formula is C14H12OS2. The zero-order chi connectivity index (χ0) is 11.8. The summed E-state index contributed by atoms with van der Waals surface area (Å²) in [6.07, 6.45) is -0.479. The van der Waals surface area contributed by atoms with Gasteiger partial charge in [-0.3, -0.25) is 0 Å². The molecule has 1 nitrogen and oxygen atoms in total. The van der Waals surface area contributed by atoms with Crippen molar-refractivity contribution in [1.82, 2.24) is 0 Å². The molecule has 0 aliphatic heterocycles. The average molecular weight is 260 g/mol. The molecule has 0 bridgehead atoms. The Labute approximate surface area is 108 Å². The zero-order valence-corrected chi connectivity index (χ0v) is 11.0. The molecule has 0 amide bonds. The van der Waals surface area contributed by atoms with Crippen LogP contribution in [0.1, 0.15) is 21.4 Å². The van der Waals surface area contributed by atoms with Gasteiger partial charge in [0.1, 0.15) is 6.10 Å².